The predicted molar refractivity (Wildman–Crippen MR) is 331 cm³/mol. The van der Waals surface area contributed by atoms with Crippen LogP contribution in [0.15, 0.2) is 219 Å². The minimum absolute atomic E-state index is 0.00333. The monoisotopic (exact) mass is 1130 g/mol. The van der Waals surface area contributed by atoms with Gasteiger partial charge in [0.1, 0.15) is 58.9 Å². The van der Waals surface area contributed by atoms with E-state index in [0.717, 1.165) is 66.6 Å². The quantitative estimate of drug-likeness (QED) is 0.128. The zero-order valence-electron chi connectivity index (χ0n) is 47.5. The van der Waals surface area contributed by atoms with Crippen LogP contribution in [0.3, 0.4) is 0 Å². The Labute approximate surface area is 489 Å². The Hall–Kier alpha value is -9.87. The first-order valence-corrected chi connectivity index (χ1v) is 28.1. The summed E-state index contributed by atoms with van der Waals surface area (Å²) in [4.78, 5) is 8.67. The molecule has 0 saturated carbocycles. The molecule has 420 valence electrons. The molecule has 0 spiro atoms. The Kier molecular flexibility index (Phi) is 13.5. The number of ether oxygens (including phenoxy) is 1. The van der Waals surface area contributed by atoms with Gasteiger partial charge in [0.25, 0.3) is 0 Å². The number of hydrogen-bond acceptors (Lipinski definition) is 4. The molecule has 0 radical (unpaired) electrons. The number of para-hydroxylation sites is 3. The standard InChI is InChI=1S/C74H56F6N4O/c1-73(2,3)47-30-31-81-68(36-47)84-64-25-14-13-22-56(64)57-29-28-52(42-67(57)84)85-53-33-46(69-54(44-18-9-7-10-19-44)23-17-24-55(69)45-20-11-8-12-21-45)32-51(41-53)82-43-83(66-27-16-15-26-65(66)82)72-58(70-60(77)37-49(75)38-61(70)78)34-48(74(4,5)6)35-59(72)71-62(79)39-50(76)40-63(71)80/h7-42H,43H2,1-6H3. The summed E-state index contributed by atoms with van der Waals surface area (Å²) in [6.07, 6.45) is 1.85. The molecule has 0 aliphatic carbocycles. The highest BCUT2D eigenvalue weighted by molar-refractivity contribution is 6.09. The van der Waals surface area contributed by atoms with Crippen molar-refractivity contribution in [1.29, 1.82) is 0 Å². The molecule has 0 N–H and O–H groups in total. The summed E-state index contributed by atoms with van der Waals surface area (Å²) in [5, 5.41) is 2.06. The highest BCUT2D eigenvalue weighted by atomic mass is 19.2. The first-order chi connectivity index (χ1) is 40.9. The smallest absolute Gasteiger partial charge is 0.137 e. The van der Waals surface area contributed by atoms with Gasteiger partial charge in [-0.3, -0.25) is 4.57 Å². The third-order valence-corrected chi connectivity index (χ3v) is 16.0. The summed E-state index contributed by atoms with van der Waals surface area (Å²) in [6, 6.07) is 63.8. The zero-order chi connectivity index (χ0) is 59.1. The molecule has 0 atom stereocenters. The fourth-order valence-electron chi connectivity index (χ4n) is 11.9. The Morgan fingerprint density at radius 1 is 0.400 bits per heavy atom. The summed E-state index contributed by atoms with van der Waals surface area (Å²) in [7, 11) is 0. The number of benzene rings is 10. The second kappa shape index (κ2) is 21.1. The van der Waals surface area contributed by atoms with Gasteiger partial charge in [-0.25, -0.2) is 31.3 Å². The summed E-state index contributed by atoms with van der Waals surface area (Å²) in [6.45, 7) is 12.0. The van der Waals surface area contributed by atoms with Crippen LogP contribution in [-0.2, 0) is 10.8 Å². The van der Waals surface area contributed by atoms with Crippen LogP contribution in [-0.4, -0.2) is 16.2 Å². The number of rotatable bonds is 10. The Morgan fingerprint density at radius 2 is 0.929 bits per heavy atom. The normalized spacial score (nSPS) is 12.6. The van der Waals surface area contributed by atoms with Gasteiger partial charge in [0.05, 0.1) is 39.2 Å². The average molecular weight is 1130 g/mol. The molecule has 1 aliphatic heterocycles. The number of fused-ring (bicyclic) bond motifs is 4. The Bertz CT molecular complexity index is 4420. The van der Waals surface area contributed by atoms with Gasteiger partial charge >= 0.3 is 0 Å². The average Bonchev–Trinajstić information content (AvgIpc) is 2.03. The van der Waals surface area contributed by atoms with Crippen molar-refractivity contribution in [3.63, 3.8) is 0 Å². The van der Waals surface area contributed by atoms with Crippen molar-refractivity contribution in [2.45, 2.75) is 52.4 Å². The van der Waals surface area contributed by atoms with Gasteiger partial charge in [-0.1, -0.05) is 151 Å². The van der Waals surface area contributed by atoms with Crippen molar-refractivity contribution in [3.05, 3.63) is 265 Å². The molecule has 5 nitrogen and oxygen atoms in total. The van der Waals surface area contributed by atoms with E-state index < -0.39 is 51.4 Å². The summed E-state index contributed by atoms with van der Waals surface area (Å²) < 4.78 is 106. The number of anilines is 4. The van der Waals surface area contributed by atoms with Gasteiger partial charge in [0, 0.05) is 70.2 Å². The molecule has 0 bridgehead atoms. The van der Waals surface area contributed by atoms with Gasteiger partial charge in [-0.2, -0.15) is 0 Å². The molecule has 0 unspecified atom stereocenters. The van der Waals surface area contributed by atoms with E-state index >= 15 is 17.6 Å². The van der Waals surface area contributed by atoms with Gasteiger partial charge < -0.3 is 14.5 Å². The molecule has 0 amide bonds. The van der Waals surface area contributed by atoms with Crippen molar-refractivity contribution >= 4 is 44.6 Å². The van der Waals surface area contributed by atoms with E-state index in [1.807, 2.05) is 135 Å². The van der Waals surface area contributed by atoms with Crippen LogP contribution in [0.5, 0.6) is 11.5 Å². The minimum Gasteiger partial charge on any atom is -0.457 e. The Morgan fingerprint density at radius 3 is 1.51 bits per heavy atom. The second-order valence-corrected chi connectivity index (χ2v) is 23.6. The van der Waals surface area contributed by atoms with Crippen LogP contribution in [0.25, 0.3) is 83.3 Å². The lowest BCUT2D eigenvalue weighted by atomic mass is 9.81. The van der Waals surface area contributed by atoms with E-state index in [4.69, 9.17) is 9.72 Å². The number of halogens is 6. The molecule has 85 heavy (non-hydrogen) atoms. The highest BCUT2D eigenvalue weighted by Crippen LogP contribution is 2.54. The molecule has 11 heteroatoms. The molecule has 0 saturated heterocycles. The third kappa shape index (κ3) is 9.92. The number of pyridine rings is 1. The van der Waals surface area contributed by atoms with Gasteiger partial charge in [0.15, 0.2) is 0 Å². The lowest BCUT2D eigenvalue weighted by Crippen LogP contribution is -2.26. The molecule has 2 aromatic heterocycles. The Balaban J connectivity index is 1.05. The largest absolute Gasteiger partial charge is 0.457 e. The zero-order valence-corrected chi connectivity index (χ0v) is 47.5. The van der Waals surface area contributed by atoms with Crippen molar-refractivity contribution in [2.75, 3.05) is 16.5 Å². The fraction of sp³-hybridized carbons (Fsp3) is 0.122. The summed E-state index contributed by atoms with van der Waals surface area (Å²) in [5.74, 6) is -5.44. The molecule has 13 rings (SSSR count). The topological polar surface area (TPSA) is 33.5 Å². The minimum atomic E-state index is -1.23. The molecular weight excluding hydrogens is 1070 g/mol. The molecule has 3 heterocycles. The highest BCUT2D eigenvalue weighted by Gasteiger charge is 2.36. The maximum atomic E-state index is 16.6. The van der Waals surface area contributed by atoms with E-state index in [0.29, 0.717) is 58.4 Å². The number of hydrogen-bond donors (Lipinski definition) is 0. The maximum absolute atomic E-state index is 16.6. The van der Waals surface area contributed by atoms with E-state index in [9.17, 15) is 8.78 Å². The van der Waals surface area contributed by atoms with Crippen LogP contribution >= 0.6 is 0 Å². The second-order valence-electron chi connectivity index (χ2n) is 23.6. The van der Waals surface area contributed by atoms with Crippen LogP contribution < -0.4 is 14.5 Å². The summed E-state index contributed by atoms with van der Waals surface area (Å²) >= 11 is 0. The van der Waals surface area contributed by atoms with Crippen LogP contribution in [0, 0.1) is 34.9 Å². The van der Waals surface area contributed by atoms with Crippen molar-refractivity contribution in [3.8, 4) is 73.0 Å². The molecular formula is C74H56F6N4O. The van der Waals surface area contributed by atoms with Crippen LogP contribution in [0.2, 0.25) is 0 Å². The predicted octanol–water partition coefficient (Wildman–Crippen LogP) is 21.0. The van der Waals surface area contributed by atoms with Crippen molar-refractivity contribution in [1.82, 2.24) is 9.55 Å². The van der Waals surface area contributed by atoms with E-state index in [2.05, 4.69) is 92.1 Å². The SMILES string of the molecule is CC(C)(C)c1ccnc(-n2c3ccccc3c3ccc(Oc4cc(-c5c(-c6ccccc6)cccc5-c5ccccc5)cc(N5CN(c6c(-c7c(F)cc(F)cc7F)cc(C(C)(C)C)cc6-c6c(F)cc(F)cc6F)c6ccccc65)c4)cc32)c1. The lowest BCUT2D eigenvalue weighted by molar-refractivity contribution is 0.483. The third-order valence-electron chi connectivity index (χ3n) is 16.0. The van der Waals surface area contributed by atoms with Crippen LogP contribution in [0.4, 0.5) is 49.1 Å². The molecule has 1 aliphatic rings. The van der Waals surface area contributed by atoms with Gasteiger partial charge in [0.2, 0.25) is 0 Å². The van der Waals surface area contributed by atoms with E-state index in [1.54, 1.807) is 23.1 Å². The van der Waals surface area contributed by atoms with E-state index in [-0.39, 0.29) is 28.9 Å². The molecule has 12 aromatic rings. The first-order valence-electron chi connectivity index (χ1n) is 28.1. The lowest BCUT2D eigenvalue weighted by Gasteiger charge is -2.30. The van der Waals surface area contributed by atoms with Gasteiger partial charge in [-0.15, -0.1) is 0 Å². The van der Waals surface area contributed by atoms with Crippen LogP contribution in [0.1, 0.15) is 52.7 Å². The molecule has 10 aromatic carbocycles. The molecule has 0 fully saturated rings. The van der Waals surface area contributed by atoms with Gasteiger partial charge in [-0.05, 0) is 122 Å². The number of aromatic nitrogens is 2. The van der Waals surface area contributed by atoms with E-state index in [1.165, 1.54) is 0 Å². The fourth-order valence-corrected chi connectivity index (χ4v) is 11.9. The first kappa shape index (κ1) is 54.4. The van der Waals surface area contributed by atoms with Crippen molar-refractivity contribution < 1.29 is 31.1 Å². The number of nitrogens with zero attached hydrogens (tertiary/aromatic N) is 4. The summed E-state index contributed by atoms with van der Waals surface area (Å²) in [5.41, 5.74) is 8.38. The van der Waals surface area contributed by atoms with Crippen molar-refractivity contribution in [2.24, 2.45) is 0 Å². The maximum Gasteiger partial charge on any atom is 0.137 e.